The summed E-state index contributed by atoms with van der Waals surface area (Å²) in [6.07, 6.45) is 1.15. The van der Waals surface area contributed by atoms with Gasteiger partial charge in [0, 0.05) is 38.0 Å². The van der Waals surface area contributed by atoms with Gasteiger partial charge in [-0.3, -0.25) is 4.79 Å². The first-order chi connectivity index (χ1) is 15.0. The summed E-state index contributed by atoms with van der Waals surface area (Å²) < 4.78 is 50.0. The molecule has 1 N–H and O–H groups in total. The van der Waals surface area contributed by atoms with Crippen molar-refractivity contribution in [3.8, 4) is 0 Å². The van der Waals surface area contributed by atoms with Gasteiger partial charge in [-0.05, 0) is 49.4 Å². The molecule has 1 aliphatic heterocycles. The van der Waals surface area contributed by atoms with Crippen LogP contribution in [0, 0.1) is 0 Å². The van der Waals surface area contributed by atoms with E-state index in [1.807, 2.05) is 14.0 Å². The van der Waals surface area contributed by atoms with Crippen molar-refractivity contribution in [2.75, 3.05) is 39.5 Å². The molecule has 0 bridgehead atoms. The number of likely N-dealkylation sites (N-methyl/N-ethyl adjacent to an activating group) is 1. The van der Waals surface area contributed by atoms with E-state index >= 15 is 0 Å². The van der Waals surface area contributed by atoms with Crippen molar-refractivity contribution in [3.05, 3.63) is 65.2 Å². The highest BCUT2D eigenvalue weighted by atomic mass is 32.2. The predicted octanol–water partition coefficient (Wildman–Crippen LogP) is 1.66. The van der Waals surface area contributed by atoms with E-state index in [-0.39, 0.29) is 22.6 Å². The SMILES string of the molecule is C[C@H](NC(=O)c1ccc(CS(=O)(=O)N2CCN(C)CC2)cc1)c1ccc(S(C)(=O)=O)cc1. The smallest absolute Gasteiger partial charge is 0.251 e. The second-order valence-corrected chi connectivity index (χ2v) is 12.2. The summed E-state index contributed by atoms with van der Waals surface area (Å²) in [5, 5.41) is 2.87. The molecule has 8 nitrogen and oxygen atoms in total. The van der Waals surface area contributed by atoms with Crippen LogP contribution in [0.5, 0.6) is 0 Å². The van der Waals surface area contributed by atoms with Crippen LogP contribution in [-0.4, -0.2) is 71.4 Å². The maximum absolute atomic E-state index is 12.7. The summed E-state index contributed by atoms with van der Waals surface area (Å²) in [7, 11) is -4.70. The first-order valence-electron chi connectivity index (χ1n) is 10.3. The molecule has 2 aromatic rings. The van der Waals surface area contributed by atoms with Crippen LogP contribution < -0.4 is 5.32 Å². The van der Waals surface area contributed by atoms with Crippen LogP contribution in [0.2, 0.25) is 0 Å². The molecule has 2 aromatic carbocycles. The van der Waals surface area contributed by atoms with Crippen LogP contribution in [0.25, 0.3) is 0 Å². The molecule has 1 aliphatic rings. The van der Waals surface area contributed by atoms with Crippen LogP contribution >= 0.6 is 0 Å². The summed E-state index contributed by atoms with van der Waals surface area (Å²) >= 11 is 0. The summed E-state index contributed by atoms with van der Waals surface area (Å²) in [6.45, 7) is 4.22. The summed E-state index contributed by atoms with van der Waals surface area (Å²) in [5.41, 5.74) is 1.83. The van der Waals surface area contributed by atoms with E-state index in [2.05, 4.69) is 10.2 Å². The first-order valence-corrected chi connectivity index (χ1v) is 13.8. The average molecular weight is 480 g/mol. The van der Waals surface area contributed by atoms with E-state index in [0.29, 0.717) is 37.3 Å². The second kappa shape index (κ2) is 9.70. The fourth-order valence-electron chi connectivity index (χ4n) is 3.49. The molecule has 174 valence electrons. The van der Waals surface area contributed by atoms with E-state index in [0.717, 1.165) is 11.8 Å². The summed E-state index contributed by atoms with van der Waals surface area (Å²) in [5.74, 6) is -0.389. The van der Waals surface area contributed by atoms with Crippen LogP contribution in [0.4, 0.5) is 0 Å². The molecule has 0 saturated carbocycles. The molecule has 3 rings (SSSR count). The Kier molecular flexibility index (Phi) is 7.39. The lowest BCUT2D eigenvalue weighted by molar-refractivity contribution is 0.0940. The Morgan fingerprint density at radius 2 is 1.50 bits per heavy atom. The minimum absolute atomic E-state index is 0.0955. The predicted molar refractivity (Wildman–Crippen MR) is 124 cm³/mol. The molecule has 0 aliphatic carbocycles. The fraction of sp³-hybridized carbons (Fsp3) is 0.409. The monoisotopic (exact) mass is 479 g/mol. The van der Waals surface area contributed by atoms with E-state index < -0.39 is 19.9 Å². The Balaban J connectivity index is 1.61. The molecule has 1 amide bonds. The molecule has 32 heavy (non-hydrogen) atoms. The molecule has 0 spiro atoms. The topological polar surface area (TPSA) is 104 Å². The number of carbonyl (C=O) groups is 1. The summed E-state index contributed by atoms with van der Waals surface area (Å²) in [6, 6.07) is 12.6. The Bertz CT molecular complexity index is 1150. The number of amides is 1. The van der Waals surface area contributed by atoms with E-state index in [9.17, 15) is 21.6 Å². The van der Waals surface area contributed by atoms with Crippen molar-refractivity contribution in [1.29, 1.82) is 0 Å². The number of sulfone groups is 1. The van der Waals surface area contributed by atoms with Gasteiger partial charge in [-0.15, -0.1) is 0 Å². The third kappa shape index (κ3) is 6.16. The second-order valence-electron chi connectivity index (χ2n) is 8.19. The molecule has 0 unspecified atom stereocenters. The van der Waals surface area contributed by atoms with Gasteiger partial charge in [0.15, 0.2) is 9.84 Å². The van der Waals surface area contributed by atoms with Crippen molar-refractivity contribution in [3.63, 3.8) is 0 Å². The molecule has 1 heterocycles. The zero-order valence-electron chi connectivity index (χ0n) is 18.5. The molecule has 1 atom stereocenters. The van der Waals surface area contributed by atoms with Crippen molar-refractivity contribution >= 4 is 25.8 Å². The Morgan fingerprint density at radius 1 is 0.938 bits per heavy atom. The zero-order chi connectivity index (χ0) is 23.5. The lowest BCUT2D eigenvalue weighted by Gasteiger charge is -2.31. The van der Waals surface area contributed by atoms with E-state index in [1.54, 1.807) is 36.4 Å². The first kappa shape index (κ1) is 24.4. The van der Waals surface area contributed by atoms with Gasteiger partial charge in [-0.1, -0.05) is 24.3 Å². The van der Waals surface area contributed by atoms with Gasteiger partial charge in [0.1, 0.15) is 0 Å². The van der Waals surface area contributed by atoms with Crippen LogP contribution in [0.15, 0.2) is 53.4 Å². The largest absolute Gasteiger partial charge is 0.346 e. The average Bonchev–Trinajstić information content (AvgIpc) is 2.73. The van der Waals surface area contributed by atoms with Crippen molar-refractivity contribution in [2.45, 2.75) is 23.6 Å². The number of nitrogens with zero attached hydrogens (tertiary/aromatic N) is 2. The molecular formula is C22H29N3O5S2. The quantitative estimate of drug-likeness (QED) is 0.648. The van der Waals surface area contributed by atoms with Crippen molar-refractivity contribution in [1.82, 2.24) is 14.5 Å². The Labute approximate surface area is 190 Å². The zero-order valence-corrected chi connectivity index (χ0v) is 20.1. The fourth-order valence-corrected chi connectivity index (χ4v) is 5.63. The Hall–Kier alpha value is -2.27. The van der Waals surface area contributed by atoms with Gasteiger partial charge < -0.3 is 10.2 Å². The maximum atomic E-state index is 12.7. The molecule has 10 heteroatoms. The summed E-state index contributed by atoms with van der Waals surface area (Å²) in [4.78, 5) is 14.9. The molecular weight excluding hydrogens is 450 g/mol. The highest BCUT2D eigenvalue weighted by molar-refractivity contribution is 7.90. The van der Waals surface area contributed by atoms with Gasteiger partial charge in [0.2, 0.25) is 10.0 Å². The van der Waals surface area contributed by atoms with Crippen LogP contribution in [0.3, 0.4) is 0 Å². The standard InChI is InChI=1S/C22H29N3O5S2/c1-17(19-8-10-21(11-9-19)31(3,27)28)23-22(26)20-6-4-18(5-7-20)16-32(29,30)25-14-12-24(2)13-15-25/h4-11,17H,12-16H2,1-3H3,(H,23,26)/t17-/m0/s1. The highest BCUT2D eigenvalue weighted by Gasteiger charge is 2.26. The van der Waals surface area contributed by atoms with E-state index in [4.69, 9.17) is 0 Å². The normalized spacial score (nSPS) is 17.1. The van der Waals surface area contributed by atoms with Gasteiger partial charge in [-0.25, -0.2) is 16.8 Å². The number of hydrogen-bond acceptors (Lipinski definition) is 6. The number of nitrogens with one attached hydrogen (secondary N) is 1. The number of benzene rings is 2. The number of carbonyl (C=O) groups excluding carboxylic acids is 1. The van der Waals surface area contributed by atoms with E-state index in [1.165, 1.54) is 16.4 Å². The number of sulfonamides is 1. The minimum Gasteiger partial charge on any atom is -0.346 e. The number of rotatable bonds is 7. The van der Waals surface area contributed by atoms with Crippen LogP contribution in [-0.2, 0) is 25.6 Å². The Morgan fingerprint density at radius 3 is 2.03 bits per heavy atom. The number of piperazine rings is 1. The maximum Gasteiger partial charge on any atom is 0.251 e. The lowest BCUT2D eigenvalue weighted by Crippen LogP contribution is -2.47. The van der Waals surface area contributed by atoms with Gasteiger partial charge >= 0.3 is 0 Å². The minimum atomic E-state index is -3.40. The molecule has 1 saturated heterocycles. The lowest BCUT2D eigenvalue weighted by atomic mass is 10.1. The highest BCUT2D eigenvalue weighted by Crippen LogP contribution is 2.18. The van der Waals surface area contributed by atoms with Crippen molar-refractivity contribution < 1.29 is 21.6 Å². The molecule has 1 fully saturated rings. The van der Waals surface area contributed by atoms with Gasteiger partial charge in [0.25, 0.3) is 5.91 Å². The third-order valence-corrected chi connectivity index (χ3v) is 8.56. The van der Waals surface area contributed by atoms with Crippen LogP contribution in [0.1, 0.15) is 34.5 Å². The van der Waals surface area contributed by atoms with Crippen molar-refractivity contribution in [2.24, 2.45) is 0 Å². The third-order valence-electron chi connectivity index (χ3n) is 5.58. The van der Waals surface area contributed by atoms with Gasteiger partial charge in [-0.2, -0.15) is 4.31 Å². The van der Waals surface area contributed by atoms with Gasteiger partial charge in [0.05, 0.1) is 16.7 Å². The number of hydrogen-bond donors (Lipinski definition) is 1. The molecule has 0 aromatic heterocycles. The molecule has 0 radical (unpaired) electrons.